The molecule has 23 heavy (non-hydrogen) atoms. The number of hydrogen-bond donors (Lipinski definition) is 3. The van der Waals surface area contributed by atoms with Crippen LogP contribution in [0.2, 0.25) is 0 Å². The maximum Gasteiger partial charge on any atom is 0.311 e. The molecule has 3 rings (SSSR count). The minimum absolute atomic E-state index is 0.116. The van der Waals surface area contributed by atoms with Crippen LogP contribution >= 0.6 is 0 Å². The van der Waals surface area contributed by atoms with Crippen molar-refractivity contribution in [1.29, 1.82) is 5.26 Å². The summed E-state index contributed by atoms with van der Waals surface area (Å²) in [4.78, 5) is 26.1. The number of nitrogens with one attached hydrogen (secondary N) is 2. The maximum atomic E-state index is 13.0. The second-order valence-corrected chi connectivity index (χ2v) is 6.75. The van der Waals surface area contributed by atoms with Gasteiger partial charge < -0.3 is 15.4 Å². The van der Waals surface area contributed by atoms with Crippen molar-refractivity contribution in [2.45, 2.75) is 31.6 Å². The summed E-state index contributed by atoms with van der Waals surface area (Å²) >= 11 is 0. The minimum Gasteiger partial charge on any atom is -0.481 e. The number of hydrogen-bond acceptors (Lipinski definition) is 3. The summed E-state index contributed by atoms with van der Waals surface area (Å²) in [7, 11) is 0. The molecule has 6 nitrogen and oxygen atoms in total. The van der Waals surface area contributed by atoms with Gasteiger partial charge in [-0.15, -0.1) is 0 Å². The van der Waals surface area contributed by atoms with Crippen molar-refractivity contribution >= 4 is 11.9 Å². The first kappa shape index (κ1) is 15.5. The SMILES string of the molecule is N#Cc1c[nH]c(C(=O)NCC2(C(=O)O)CC3(CC(F)(F)C3)C2)c1. The van der Waals surface area contributed by atoms with E-state index >= 15 is 0 Å². The highest BCUT2D eigenvalue weighted by Crippen LogP contribution is 2.68. The van der Waals surface area contributed by atoms with Gasteiger partial charge in [0.15, 0.2) is 0 Å². The molecule has 0 radical (unpaired) electrons. The highest BCUT2D eigenvalue weighted by molar-refractivity contribution is 5.93. The Labute approximate surface area is 130 Å². The molecule has 3 N–H and O–H groups in total. The summed E-state index contributed by atoms with van der Waals surface area (Å²) in [6.45, 7) is -0.116. The van der Waals surface area contributed by atoms with E-state index in [4.69, 9.17) is 5.26 Å². The number of H-pyrrole nitrogens is 1. The zero-order valence-corrected chi connectivity index (χ0v) is 12.2. The third kappa shape index (κ3) is 2.56. The Morgan fingerprint density at radius 1 is 1.35 bits per heavy atom. The number of nitrogens with zero attached hydrogens (tertiary/aromatic N) is 1. The van der Waals surface area contributed by atoms with E-state index in [1.807, 2.05) is 6.07 Å². The van der Waals surface area contributed by atoms with Gasteiger partial charge in [-0.05, 0) is 24.3 Å². The van der Waals surface area contributed by atoms with Crippen LogP contribution < -0.4 is 5.32 Å². The Balaban J connectivity index is 1.61. The second kappa shape index (κ2) is 4.78. The fourth-order valence-corrected chi connectivity index (χ4v) is 3.97. The number of rotatable bonds is 4. The average molecular weight is 323 g/mol. The summed E-state index contributed by atoms with van der Waals surface area (Å²) in [5, 5.41) is 20.6. The summed E-state index contributed by atoms with van der Waals surface area (Å²) in [5.41, 5.74) is -1.32. The lowest BCUT2D eigenvalue weighted by Crippen LogP contribution is -2.63. The molecule has 0 aromatic carbocycles. The molecule has 1 spiro atoms. The lowest BCUT2D eigenvalue weighted by Gasteiger charge is -2.61. The average Bonchev–Trinajstić information content (AvgIpc) is 2.88. The number of alkyl halides is 2. The predicted octanol–water partition coefficient (Wildman–Crippen LogP) is 1.90. The number of carbonyl (C=O) groups excluding carboxylic acids is 1. The van der Waals surface area contributed by atoms with Crippen molar-refractivity contribution in [2.24, 2.45) is 10.8 Å². The van der Waals surface area contributed by atoms with Gasteiger partial charge in [0.25, 0.3) is 5.91 Å². The van der Waals surface area contributed by atoms with Crippen LogP contribution in [0, 0.1) is 22.2 Å². The van der Waals surface area contributed by atoms with E-state index in [0.29, 0.717) is 5.56 Å². The van der Waals surface area contributed by atoms with Gasteiger partial charge in [-0.1, -0.05) is 0 Å². The van der Waals surface area contributed by atoms with Gasteiger partial charge >= 0.3 is 5.97 Å². The number of halogens is 2. The Kier molecular flexibility index (Phi) is 3.21. The summed E-state index contributed by atoms with van der Waals surface area (Å²) < 4.78 is 26.1. The van der Waals surface area contributed by atoms with E-state index in [1.54, 1.807) is 0 Å². The minimum atomic E-state index is -2.69. The van der Waals surface area contributed by atoms with Crippen LogP contribution in [0.25, 0.3) is 0 Å². The Bertz CT molecular complexity index is 704. The number of aromatic nitrogens is 1. The third-order valence-electron chi connectivity index (χ3n) is 4.79. The van der Waals surface area contributed by atoms with E-state index in [0.717, 1.165) is 0 Å². The van der Waals surface area contributed by atoms with Crippen LogP contribution in [0.5, 0.6) is 0 Å². The smallest absolute Gasteiger partial charge is 0.311 e. The number of carbonyl (C=O) groups is 2. The topological polar surface area (TPSA) is 106 Å². The molecule has 1 heterocycles. The largest absolute Gasteiger partial charge is 0.481 e. The number of nitriles is 1. The standard InChI is InChI=1S/C15H15F2N3O3/c16-15(17)6-13(7-15)4-14(5-13,12(22)23)8-20-11(21)10-1-9(2-18)3-19-10/h1,3,19H,4-8H2,(H,20,21)(H,22,23). The highest BCUT2D eigenvalue weighted by Gasteiger charge is 2.68. The second-order valence-electron chi connectivity index (χ2n) is 6.75. The number of carboxylic acids is 1. The molecule has 0 unspecified atom stereocenters. The van der Waals surface area contributed by atoms with Crippen LogP contribution in [-0.2, 0) is 4.79 Å². The molecule has 0 atom stereocenters. The zero-order valence-electron chi connectivity index (χ0n) is 12.2. The Morgan fingerprint density at radius 3 is 2.48 bits per heavy atom. The molecule has 2 fully saturated rings. The van der Waals surface area contributed by atoms with Gasteiger partial charge in [-0.3, -0.25) is 9.59 Å². The van der Waals surface area contributed by atoms with E-state index in [-0.39, 0.29) is 37.9 Å². The van der Waals surface area contributed by atoms with Gasteiger partial charge in [0.1, 0.15) is 11.8 Å². The van der Waals surface area contributed by atoms with E-state index in [9.17, 15) is 23.5 Å². The summed E-state index contributed by atoms with van der Waals surface area (Å²) in [6.07, 6.45) is 1.13. The van der Waals surface area contributed by atoms with E-state index in [1.165, 1.54) is 12.3 Å². The number of carboxylic acid groups (broad SMARTS) is 1. The quantitative estimate of drug-likeness (QED) is 0.786. The molecule has 8 heteroatoms. The van der Waals surface area contributed by atoms with Gasteiger partial charge in [-0.2, -0.15) is 5.26 Å². The predicted molar refractivity (Wildman–Crippen MR) is 73.8 cm³/mol. The van der Waals surface area contributed by atoms with Crippen molar-refractivity contribution in [1.82, 2.24) is 10.3 Å². The van der Waals surface area contributed by atoms with Crippen LogP contribution in [0.3, 0.4) is 0 Å². The molecule has 122 valence electrons. The lowest BCUT2D eigenvalue weighted by atomic mass is 9.44. The molecule has 1 aromatic heterocycles. The van der Waals surface area contributed by atoms with Crippen molar-refractivity contribution in [3.8, 4) is 6.07 Å². The molecule has 1 amide bonds. The molecular weight excluding hydrogens is 308 g/mol. The normalized spacial score (nSPS) is 22.5. The van der Waals surface area contributed by atoms with Crippen LogP contribution in [0.1, 0.15) is 41.7 Å². The van der Waals surface area contributed by atoms with Gasteiger partial charge in [0.2, 0.25) is 5.92 Å². The first-order chi connectivity index (χ1) is 10.7. The monoisotopic (exact) mass is 323 g/mol. The first-order valence-electron chi connectivity index (χ1n) is 7.17. The third-order valence-corrected chi connectivity index (χ3v) is 4.79. The van der Waals surface area contributed by atoms with Crippen molar-refractivity contribution in [2.75, 3.05) is 6.54 Å². The number of aromatic amines is 1. The maximum absolute atomic E-state index is 13.0. The lowest BCUT2D eigenvalue weighted by molar-refractivity contribution is -0.234. The molecule has 0 aliphatic heterocycles. The Hall–Kier alpha value is -2.43. The van der Waals surface area contributed by atoms with Crippen LogP contribution in [0.15, 0.2) is 12.3 Å². The fraction of sp³-hybridized carbons (Fsp3) is 0.533. The van der Waals surface area contributed by atoms with Crippen molar-refractivity contribution in [3.63, 3.8) is 0 Å². The van der Waals surface area contributed by atoms with Gasteiger partial charge in [0, 0.05) is 25.6 Å². The summed E-state index contributed by atoms with van der Waals surface area (Å²) in [5.74, 6) is -4.29. The summed E-state index contributed by atoms with van der Waals surface area (Å²) in [6, 6.07) is 3.23. The van der Waals surface area contributed by atoms with Gasteiger partial charge in [0.05, 0.1) is 11.0 Å². The van der Waals surface area contributed by atoms with E-state index in [2.05, 4.69) is 10.3 Å². The fourth-order valence-electron chi connectivity index (χ4n) is 3.97. The molecule has 0 saturated heterocycles. The first-order valence-corrected chi connectivity index (χ1v) is 7.17. The molecular formula is C15H15F2N3O3. The van der Waals surface area contributed by atoms with Crippen LogP contribution in [-0.4, -0.2) is 34.4 Å². The molecule has 2 aliphatic carbocycles. The zero-order chi connectivity index (χ0) is 16.9. The highest BCUT2D eigenvalue weighted by atomic mass is 19.3. The van der Waals surface area contributed by atoms with Crippen LogP contribution in [0.4, 0.5) is 8.78 Å². The molecule has 2 saturated carbocycles. The Morgan fingerprint density at radius 2 is 2.00 bits per heavy atom. The molecule has 1 aromatic rings. The van der Waals surface area contributed by atoms with Gasteiger partial charge in [-0.25, -0.2) is 8.78 Å². The molecule has 0 bridgehead atoms. The number of amides is 1. The van der Waals surface area contributed by atoms with Crippen molar-refractivity contribution < 1.29 is 23.5 Å². The van der Waals surface area contributed by atoms with E-state index < -0.39 is 28.6 Å². The number of aliphatic carboxylic acids is 1. The van der Waals surface area contributed by atoms with Crippen molar-refractivity contribution in [3.05, 3.63) is 23.5 Å². The molecule has 2 aliphatic rings.